The van der Waals surface area contributed by atoms with E-state index >= 15 is 0 Å². The summed E-state index contributed by atoms with van der Waals surface area (Å²) in [4.78, 5) is 11.6. The molecule has 0 unspecified atom stereocenters. The van der Waals surface area contributed by atoms with E-state index in [0.29, 0.717) is 5.69 Å². The molecule has 1 amide bonds. The van der Waals surface area contributed by atoms with Crippen LogP contribution in [0.1, 0.15) is 20.8 Å². The van der Waals surface area contributed by atoms with Gasteiger partial charge in [-0.1, -0.05) is 20.8 Å². The Morgan fingerprint density at radius 1 is 1.32 bits per heavy atom. The molecule has 0 radical (unpaired) electrons. The van der Waals surface area contributed by atoms with Gasteiger partial charge in [-0.2, -0.15) is 0 Å². The molecule has 0 fully saturated rings. The highest BCUT2D eigenvalue weighted by Crippen LogP contribution is 2.30. The summed E-state index contributed by atoms with van der Waals surface area (Å²) in [5.74, 6) is -0.0978. The number of hydrogen-bond donors (Lipinski definition) is 1. The molecule has 1 rings (SSSR count). The molecule has 0 aliphatic rings. The highest BCUT2D eigenvalue weighted by molar-refractivity contribution is 8.13. The lowest BCUT2D eigenvalue weighted by atomic mass is 9.95. The van der Waals surface area contributed by atoms with Crippen LogP contribution >= 0.6 is 10.7 Å². The van der Waals surface area contributed by atoms with Crippen LogP contribution in [0.15, 0.2) is 23.1 Å². The lowest BCUT2D eigenvalue weighted by molar-refractivity contribution is -0.123. The van der Waals surface area contributed by atoms with Crippen molar-refractivity contribution >= 4 is 31.3 Å². The summed E-state index contributed by atoms with van der Waals surface area (Å²) in [7, 11) is 2.72. The third-order valence-corrected chi connectivity index (χ3v) is 3.71. The number of carbonyl (C=O) groups is 1. The van der Waals surface area contributed by atoms with E-state index in [9.17, 15) is 13.2 Å². The van der Waals surface area contributed by atoms with Gasteiger partial charge in [-0.3, -0.25) is 4.79 Å². The highest BCUT2D eigenvalue weighted by Gasteiger charge is 2.23. The van der Waals surface area contributed by atoms with Crippen molar-refractivity contribution in [3.8, 4) is 5.75 Å². The third-order valence-electron chi connectivity index (χ3n) is 2.37. The minimum atomic E-state index is -3.94. The Morgan fingerprint density at radius 3 is 2.32 bits per heavy atom. The quantitative estimate of drug-likeness (QED) is 0.871. The van der Waals surface area contributed by atoms with Crippen LogP contribution in [0.3, 0.4) is 0 Å². The summed E-state index contributed by atoms with van der Waals surface area (Å²) >= 11 is 0. The largest absolute Gasteiger partial charge is 0.495 e. The van der Waals surface area contributed by atoms with E-state index in [4.69, 9.17) is 15.4 Å². The van der Waals surface area contributed by atoms with Crippen molar-refractivity contribution in [2.24, 2.45) is 5.41 Å². The fourth-order valence-electron chi connectivity index (χ4n) is 1.26. The van der Waals surface area contributed by atoms with Gasteiger partial charge >= 0.3 is 0 Å². The number of nitrogens with one attached hydrogen (secondary N) is 1. The predicted octanol–water partition coefficient (Wildman–Crippen LogP) is 2.61. The average Bonchev–Trinajstić information content (AvgIpc) is 2.26. The topological polar surface area (TPSA) is 72.5 Å². The van der Waals surface area contributed by atoms with Gasteiger partial charge in [-0.05, 0) is 18.2 Å². The van der Waals surface area contributed by atoms with Gasteiger partial charge in [0.25, 0.3) is 9.05 Å². The maximum atomic E-state index is 11.8. The van der Waals surface area contributed by atoms with Gasteiger partial charge in [0, 0.05) is 21.8 Å². The molecule has 0 aliphatic heterocycles. The fourth-order valence-corrected chi connectivity index (χ4v) is 2.28. The van der Waals surface area contributed by atoms with Gasteiger partial charge < -0.3 is 10.1 Å². The summed E-state index contributed by atoms with van der Waals surface area (Å²) in [5, 5.41) is 2.63. The number of carbonyl (C=O) groups excluding carboxylic acids is 1. The van der Waals surface area contributed by atoms with E-state index in [1.807, 2.05) is 0 Å². The number of anilines is 1. The number of amides is 1. The molecule has 0 spiro atoms. The molecule has 0 heterocycles. The molecular formula is C12H16ClNO4S. The molecule has 0 aliphatic carbocycles. The highest BCUT2D eigenvalue weighted by atomic mass is 35.7. The van der Waals surface area contributed by atoms with Crippen LogP contribution in [0.5, 0.6) is 5.75 Å². The minimum absolute atomic E-state index is 0.128. The van der Waals surface area contributed by atoms with Gasteiger partial charge in [0.1, 0.15) is 10.6 Å². The SMILES string of the molecule is COc1ccc(NC(=O)C(C)(C)C)cc1S(=O)(=O)Cl. The fraction of sp³-hybridized carbons (Fsp3) is 0.417. The average molecular weight is 306 g/mol. The number of benzene rings is 1. The van der Waals surface area contributed by atoms with E-state index in [1.165, 1.54) is 19.2 Å². The Bertz CT molecular complexity index is 590. The number of ether oxygens (including phenoxy) is 1. The van der Waals surface area contributed by atoms with Crippen molar-refractivity contribution in [3.05, 3.63) is 18.2 Å². The van der Waals surface area contributed by atoms with Crippen molar-refractivity contribution in [1.82, 2.24) is 0 Å². The summed E-state index contributed by atoms with van der Waals surface area (Å²) in [6, 6.07) is 4.26. The van der Waals surface area contributed by atoms with Crippen LogP contribution in [0.2, 0.25) is 0 Å². The Balaban J connectivity index is 3.17. The molecular weight excluding hydrogens is 290 g/mol. The van der Waals surface area contributed by atoms with Gasteiger partial charge in [0.15, 0.2) is 0 Å². The number of methoxy groups -OCH3 is 1. The Labute approximate surface area is 117 Å². The van der Waals surface area contributed by atoms with Crippen LogP contribution in [-0.2, 0) is 13.8 Å². The number of rotatable bonds is 3. The van der Waals surface area contributed by atoms with Gasteiger partial charge in [-0.15, -0.1) is 0 Å². The zero-order valence-corrected chi connectivity index (χ0v) is 12.7. The lowest BCUT2D eigenvalue weighted by Gasteiger charge is -2.18. The molecule has 5 nitrogen and oxygen atoms in total. The maximum Gasteiger partial charge on any atom is 0.265 e. The molecule has 106 valence electrons. The van der Waals surface area contributed by atoms with Gasteiger partial charge in [0.05, 0.1) is 7.11 Å². The first-order valence-electron chi connectivity index (χ1n) is 5.50. The smallest absolute Gasteiger partial charge is 0.265 e. The Hall–Kier alpha value is -1.27. The summed E-state index contributed by atoms with van der Waals surface area (Å²) in [6.07, 6.45) is 0. The van der Waals surface area contributed by atoms with Crippen LogP contribution in [0.4, 0.5) is 5.69 Å². The molecule has 0 bridgehead atoms. The summed E-state index contributed by atoms with van der Waals surface area (Å²) < 4.78 is 27.8. The van der Waals surface area contributed by atoms with Crippen molar-refractivity contribution in [3.63, 3.8) is 0 Å². The number of hydrogen-bond acceptors (Lipinski definition) is 4. The Kier molecular flexibility index (Phi) is 4.47. The summed E-state index contributed by atoms with van der Waals surface area (Å²) in [5.41, 5.74) is -0.236. The predicted molar refractivity (Wildman–Crippen MR) is 74.1 cm³/mol. The molecule has 1 N–H and O–H groups in total. The van der Waals surface area contributed by atoms with Crippen molar-refractivity contribution in [1.29, 1.82) is 0 Å². The second kappa shape index (κ2) is 5.38. The van der Waals surface area contributed by atoms with E-state index < -0.39 is 14.5 Å². The van der Waals surface area contributed by atoms with E-state index in [2.05, 4.69) is 5.32 Å². The minimum Gasteiger partial charge on any atom is -0.495 e. The molecule has 1 aromatic carbocycles. The first-order chi connectivity index (χ1) is 8.55. The zero-order chi connectivity index (χ0) is 14.8. The summed E-state index contributed by atoms with van der Waals surface area (Å²) in [6.45, 7) is 5.27. The van der Waals surface area contributed by atoms with E-state index in [0.717, 1.165) is 0 Å². The normalized spacial score (nSPS) is 12.1. The van der Waals surface area contributed by atoms with Gasteiger partial charge in [0.2, 0.25) is 5.91 Å². The van der Waals surface area contributed by atoms with Crippen molar-refractivity contribution < 1.29 is 17.9 Å². The monoisotopic (exact) mass is 305 g/mol. The molecule has 0 saturated heterocycles. The molecule has 0 aromatic heterocycles. The number of halogens is 1. The Morgan fingerprint density at radius 2 is 1.89 bits per heavy atom. The van der Waals surface area contributed by atoms with E-state index in [-0.39, 0.29) is 16.6 Å². The van der Waals surface area contributed by atoms with Crippen molar-refractivity contribution in [2.45, 2.75) is 25.7 Å². The first-order valence-corrected chi connectivity index (χ1v) is 7.81. The second-order valence-corrected chi connectivity index (χ2v) is 7.54. The third kappa shape index (κ3) is 4.11. The molecule has 7 heteroatoms. The molecule has 0 saturated carbocycles. The van der Waals surface area contributed by atoms with Crippen LogP contribution < -0.4 is 10.1 Å². The van der Waals surface area contributed by atoms with Gasteiger partial charge in [-0.25, -0.2) is 8.42 Å². The zero-order valence-electron chi connectivity index (χ0n) is 11.2. The van der Waals surface area contributed by atoms with Crippen LogP contribution in [0, 0.1) is 5.41 Å². The van der Waals surface area contributed by atoms with E-state index in [1.54, 1.807) is 26.8 Å². The van der Waals surface area contributed by atoms with Crippen molar-refractivity contribution in [2.75, 3.05) is 12.4 Å². The first kappa shape index (κ1) is 15.8. The lowest BCUT2D eigenvalue weighted by Crippen LogP contribution is -2.27. The molecule has 0 atom stereocenters. The second-order valence-electron chi connectivity index (χ2n) is 5.01. The standard InChI is InChI=1S/C12H16ClNO4S/c1-12(2,3)11(15)14-8-5-6-9(18-4)10(7-8)19(13,16)17/h5-7H,1-4H3,(H,14,15). The maximum absolute atomic E-state index is 11.8. The van der Waals surface area contributed by atoms with Crippen LogP contribution in [-0.4, -0.2) is 21.4 Å². The molecule has 1 aromatic rings. The molecule has 19 heavy (non-hydrogen) atoms. The van der Waals surface area contributed by atoms with Crippen LogP contribution in [0.25, 0.3) is 0 Å².